The van der Waals surface area contributed by atoms with E-state index in [0.29, 0.717) is 12.5 Å². The van der Waals surface area contributed by atoms with Crippen molar-refractivity contribution in [3.05, 3.63) is 0 Å². The summed E-state index contributed by atoms with van der Waals surface area (Å²) in [6.45, 7) is 9.49. The van der Waals surface area contributed by atoms with Gasteiger partial charge in [0, 0.05) is 11.6 Å². The van der Waals surface area contributed by atoms with E-state index < -0.39 is 11.5 Å². The van der Waals surface area contributed by atoms with E-state index in [9.17, 15) is 9.90 Å². The summed E-state index contributed by atoms with van der Waals surface area (Å²) in [4.78, 5) is 14.0. The summed E-state index contributed by atoms with van der Waals surface area (Å²) in [6, 6.07) is 0.357. The number of rotatable bonds is 7. The fraction of sp³-hybridized carbons (Fsp3) is 0.933. The maximum atomic E-state index is 11.6. The molecule has 0 spiro atoms. The highest BCUT2D eigenvalue weighted by molar-refractivity contribution is 5.79. The van der Waals surface area contributed by atoms with Crippen molar-refractivity contribution >= 4 is 5.97 Å². The van der Waals surface area contributed by atoms with Crippen molar-refractivity contribution in [3.63, 3.8) is 0 Å². The maximum Gasteiger partial charge on any atom is 0.323 e. The molecule has 19 heavy (non-hydrogen) atoms. The summed E-state index contributed by atoms with van der Waals surface area (Å²) in [7, 11) is 2.13. The van der Waals surface area contributed by atoms with E-state index in [4.69, 9.17) is 0 Å². The standard InChI is InChI=1S/C15H30N2O2/c1-6-10-16-15(13(18)19)9-8-12(11-15)17(5)14(3,4)7-2/h12,16H,6-11H2,1-5H3,(H,18,19). The summed E-state index contributed by atoms with van der Waals surface area (Å²) in [5.41, 5.74) is -0.581. The van der Waals surface area contributed by atoms with Crippen LogP contribution in [-0.2, 0) is 4.79 Å². The average molecular weight is 270 g/mol. The van der Waals surface area contributed by atoms with Crippen molar-refractivity contribution in [1.82, 2.24) is 10.2 Å². The van der Waals surface area contributed by atoms with E-state index >= 15 is 0 Å². The van der Waals surface area contributed by atoms with E-state index in [1.165, 1.54) is 0 Å². The molecule has 4 heteroatoms. The number of carboxylic acids is 1. The molecule has 0 heterocycles. The number of hydrogen-bond donors (Lipinski definition) is 2. The largest absolute Gasteiger partial charge is 0.480 e. The van der Waals surface area contributed by atoms with Crippen molar-refractivity contribution in [2.45, 2.75) is 76.9 Å². The molecule has 1 saturated carbocycles. The van der Waals surface area contributed by atoms with Gasteiger partial charge in [0.1, 0.15) is 5.54 Å². The molecule has 1 aliphatic rings. The summed E-state index contributed by atoms with van der Waals surface area (Å²) < 4.78 is 0. The highest BCUT2D eigenvalue weighted by Crippen LogP contribution is 2.36. The second kappa shape index (κ2) is 6.23. The normalized spacial score (nSPS) is 28.0. The van der Waals surface area contributed by atoms with E-state index in [2.05, 4.69) is 45.0 Å². The Hall–Kier alpha value is -0.610. The first kappa shape index (κ1) is 16.4. The lowest BCUT2D eigenvalue weighted by Gasteiger charge is -2.40. The van der Waals surface area contributed by atoms with Crippen LogP contribution in [0.15, 0.2) is 0 Å². The topological polar surface area (TPSA) is 52.6 Å². The van der Waals surface area contributed by atoms with E-state index in [1.54, 1.807) is 0 Å². The minimum atomic E-state index is -0.710. The van der Waals surface area contributed by atoms with Gasteiger partial charge in [-0.2, -0.15) is 0 Å². The molecule has 4 nitrogen and oxygen atoms in total. The van der Waals surface area contributed by atoms with Crippen LogP contribution in [0.1, 0.15) is 59.8 Å². The van der Waals surface area contributed by atoms with Gasteiger partial charge in [-0.1, -0.05) is 13.8 Å². The molecule has 0 aromatic rings. The predicted octanol–water partition coefficient (Wildman–Crippen LogP) is 2.48. The Morgan fingerprint density at radius 2 is 2.11 bits per heavy atom. The zero-order chi connectivity index (χ0) is 14.7. The van der Waals surface area contributed by atoms with Gasteiger partial charge in [0.2, 0.25) is 0 Å². The SMILES string of the molecule is CCCNC1(C(=O)O)CCC(N(C)C(C)(C)CC)C1. The second-order valence-electron chi connectivity index (χ2n) is 6.49. The average Bonchev–Trinajstić information content (AvgIpc) is 2.81. The van der Waals surface area contributed by atoms with Crippen LogP contribution in [0.5, 0.6) is 0 Å². The number of carbonyl (C=O) groups is 1. The van der Waals surface area contributed by atoms with Crippen LogP contribution in [0, 0.1) is 0 Å². The van der Waals surface area contributed by atoms with Crippen molar-refractivity contribution < 1.29 is 9.90 Å². The monoisotopic (exact) mass is 270 g/mol. The van der Waals surface area contributed by atoms with Gasteiger partial charge in [-0.15, -0.1) is 0 Å². The molecule has 0 bridgehead atoms. The molecule has 0 aromatic carbocycles. The second-order valence-corrected chi connectivity index (χ2v) is 6.49. The van der Waals surface area contributed by atoms with E-state index in [-0.39, 0.29) is 5.54 Å². The van der Waals surface area contributed by atoms with Crippen LogP contribution >= 0.6 is 0 Å². The lowest BCUT2D eigenvalue weighted by Crippen LogP contribution is -2.53. The smallest absolute Gasteiger partial charge is 0.323 e. The highest BCUT2D eigenvalue weighted by atomic mass is 16.4. The summed E-state index contributed by atoms with van der Waals surface area (Å²) >= 11 is 0. The maximum absolute atomic E-state index is 11.6. The molecule has 0 radical (unpaired) electrons. The van der Waals surface area contributed by atoms with Crippen LogP contribution in [0.4, 0.5) is 0 Å². The van der Waals surface area contributed by atoms with Crippen LogP contribution in [0.3, 0.4) is 0 Å². The van der Waals surface area contributed by atoms with E-state index in [0.717, 1.165) is 32.2 Å². The first-order chi connectivity index (χ1) is 8.79. The minimum absolute atomic E-state index is 0.129. The van der Waals surface area contributed by atoms with Crippen LogP contribution in [0.25, 0.3) is 0 Å². The van der Waals surface area contributed by atoms with Crippen molar-refractivity contribution in [1.29, 1.82) is 0 Å². The fourth-order valence-corrected chi connectivity index (χ4v) is 2.89. The van der Waals surface area contributed by atoms with Crippen molar-refractivity contribution in [2.75, 3.05) is 13.6 Å². The molecule has 112 valence electrons. The van der Waals surface area contributed by atoms with Crippen molar-refractivity contribution in [3.8, 4) is 0 Å². The molecular weight excluding hydrogens is 240 g/mol. The minimum Gasteiger partial charge on any atom is -0.480 e. The molecule has 0 aromatic heterocycles. The van der Waals surface area contributed by atoms with Gasteiger partial charge in [-0.25, -0.2) is 0 Å². The molecule has 1 aliphatic carbocycles. The Kier molecular flexibility index (Phi) is 5.39. The molecule has 2 unspecified atom stereocenters. The molecule has 2 atom stereocenters. The van der Waals surface area contributed by atoms with Crippen LogP contribution in [0.2, 0.25) is 0 Å². The van der Waals surface area contributed by atoms with Gasteiger partial charge in [0.15, 0.2) is 0 Å². The predicted molar refractivity (Wildman–Crippen MR) is 78.4 cm³/mol. The lowest BCUT2D eigenvalue weighted by molar-refractivity contribution is -0.144. The molecule has 1 rings (SSSR count). The first-order valence-electron chi connectivity index (χ1n) is 7.50. The van der Waals surface area contributed by atoms with Gasteiger partial charge in [-0.05, 0) is 59.5 Å². The number of hydrogen-bond acceptors (Lipinski definition) is 3. The Bertz CT molecular complexity index is 317. The molecule has 0 saturated heterocycles. The summed E-state index contributed by atoms with van der Waals surface area (Å²) in [5, 5.41) is 12.8. The number of carboxylic acid groups (broad SMARTS) is 1. The lowest BCUT2D eigenvalue weighted by atomic mass is 9.94. The van der Waals surface area contributed by atoms with Gasteiger partial charge in [-0.3, -0.25) is 9.69 Å². The third-order valence-corrected chi connectivity index (χ3v) is 4.98. The Morgan fingerprint density at radius 1 is 1.47 bits per heavy atom. The van der Waals surface area contributed by atoms with Crippen LogP contribution in [-0.4, -0.2) is 46.7 Å². The fourth-order valence-electron chi connectivity index (χ4n) is 2.89. The Balaban J connectivity index is 2.76. The zero-order valence-corrected chi connectivity index (χ0v) is 13.1. The summed E-state index contributed by atoms with van der Waals surface area (Å²) in [6.07, 6.45) is 4.45. The number of nitrogens with zero attached hydrogens (tertiary/aromatic N) is 1. The third-order valence-electron chi connectivity index (χ3n) is 4.98. The van der Waals surface area contributed by atoms with Gasteiger partial charge < -0.3 is 10.4 Å². The molecular formula is C15H30N2O2. The van der Waals surface area contributed by atoms with Gasteiger partial charge >= 0.3 is 5.97 Å². The molecule has 0 amide bonds. The molecule has 1 fully saturated rings. The number of aliphatic carboxylic acids is 1. The third kappa shape index (κ3) is 3.48. The zero-order valence-electron chi connectivity index (χ0n) is 13.1. The highest BCUT2D eigenvalue weighted by Gasteiger charge is 2.47. The van der Waals surface area contributed by atoms with Crippen molar-refractivity contribution in [2.24, 2.45) is 0 Å². The van der Waals surface area contributed by atoms with Gasteiger partial charge in [0.05, 0.1) is 0 Å². The van der Waals surface area contributed by atoms with Gasteiger partial charge in [0.25, 0.3) is 0 Å². The summed E-state index contributed by atoms with van der Waals surface area (Å²) in [5.74, 6) is -0.689. The quantitative estimate of drug-likeness (QED) is 0.746. The Morgan fingerprint density at radius 3 is 2.58 bits per heavy atom. The van der Waals surface area contributed by atoms with Crippen LogP contribution < -0.4 is 5.32 Å². The first-order valence-corrected chi connectivity index (χ1v) is 7.50. The number of nitrogens with one attached hydrogen (secondary N) is 1. The Labute approximate surface area is 117 Å². The molecule has 0 aliphatic heterocycles. The van der Waals surface area contributed by atoms with E-state index in [1.807, 2.05) is 0 Å². The molecule has 2 N–H and O–H groups in total.